The van der Waals surface area contributed by atoms with Crippen LogP contribution in [0.15, 0.2) is 24.3 Å². The Morgan fingerprint density at radius 3 is 1.50 bits per heavy atom. The molecule has 0 amide bonds. The first-order valence-corrected chi connectivity index (χ1v) is 5.00. The molecule has 0 aliphatic rings. The van der Waals surface area contributed by atoms with Gasteiger partial charge in [-0.05, 0) is 24.3 Å². The molecule has 0 heterocycles. The highest BCUT2D eigenvalue weighted by Gasteiger charge is 2.10. The fourth-order valence-corrected chi connectivity index (χ4v) is 1.12. The maximum absolute atomic E-state index is 11.4. The number of rotatable bonds is 4. The first kappa shape index (κ1) is 13.3. The molecule has 0 bridgehead atoms. The van der Waals surface area contributed by atoms with Crippen molar-refractivity contribution >= 4 is 11.9 Å². The highest BCUT2D eigenvalue weighted by molar-refractivity contribution is 5.93. The summed E-state index contributed by atoms with van der Waals surface area (Å²) in [5, 5.41) is 0. The highest BCUT2D eigenvalue weighted by atomic mass is 16.5. The van der Waals surface area contributed by atoms with E-state index in [1.54, 1.807) is 0 Å². The Hall–Kier alpha value is -2.72. The van der Waals surface area contributed by atoms with Gasteiger partial charge in [-0.3, -0.25) is 0 Å². The van der Waals surface area contributed by atoms with Gasteiger partial charge < -0.3 is 9.47 Å². The molecule has 4 nitrogen and oxygen atoms in total. The second-order valence-electron chi connectivity index (χ2n) is 3.14. The summed E-state index contributed by atoms with van der Waals surface area (Å²) in [6.45, 7) is -0.185. The largest absolute Gasteiger partial charge is 0.449 e. The highest BCUT2D eigenvalue weighted by Crippen LogP contribution is 2.07. The van der Waals surface area contributed by atoms with E-state index in [4.69, 9.17) is 22.3 Å². The van der Waals surface area contributed by atoms with E-state index in [0.29, 0.717) is 11.1 Å². The van der Waals surface area contributed by atoms with Gasteiger partial charge in [0.25, 0.3) is 0 Å². The number of carbonyl (C=O) groups is 2. The Bertz CT molecular complexity index is 465. The molecule has 0 saturated carbocycles. The van der Waals surface area contributed by atoms with Gasteiger partial charge in [-0.1, -0.05) is 11.8 Å². The third kappa shape index (κ3) is 3.70. The molecular weight excluding hydrogens is 232 g/mol. The minimum absolute atomic E-state index is 0.0925. The first-order chi connectivity index (χ1) is 8.69. The average Bonchev–Trinajstić information content (AvgIpc) is 2.42. The van der Waals surface area contributed by atoms with Crippen LogP contribution in [0.25, 0.3) is 0 Å². The predicted molar refractivity (Wildman–Crippen MR) is 64.7 cm³/mol. The van der Waals surface area contributed by atoms with Crippen LogP contribution in [-0.4, -0.2) is 25.2 Å². The van der Waals surface area contributed by atoms with E-state index in [0.717, 1.165) is 0 Å². The molecular formula is C14H10O4. The summed E-state index contributed by atoms with van der Waals surface area (Å²) in [5.74, 6) is 3.28. The van der Waals surface area contributed by atoms with E-state index in [2.05, 4.69) is 11.8 Å². The van der Waals surface area contributed by atoms with Crippen molar-refractivity contribution in [3.05, 3.63) is 35.4 Å². The lowest BCUT2D eigenvalue weighted by Crippen LogP contribution is -2.08. The monoisotopic (exact) mass is 242 g/mol. The molecule has 0 fully saturated rings. The number of esters is 2. The van der Waals surface area contributed by atoms with Crippen LogP contribution in [0.2, 0.25) is 0 Å². The van der Waals surface area contributed by atoms with Crippen LogP contribution in [-0.2, 0) is 9.47 Å². The Kier molecular flexibility index (Phi) is 5.02. The van der Waals surface area contributed by atoms with Crippen molar-refractivity contribution in [2.24, 2.45) is 0 Å². The van der Waals surface area contributed by atoms with Crippen molar-refractivity contribution in [1.29, 1.82) is 0 Å². The van der Waals surface area contributed by atoms with Crippen LogP contribution in [0.5, 0.6) is 0 Å². The molecule has 90 valence electrons. The van der Waals surface area contributed by atoms with Crippen LogP contribution in [0.4, 0.5) is 0 Å². The number of ether oxygens (including phenoxy) is 2. The number of benzene rings is 1. The van der Waals surface area contributed by atoms with Crippen LogP contribution in [0.3, 0.4) is 0 Å². The summed E-state index contributed by atoms with van der Waals surface area (Å²) in [6.07, 6.45) is 9.92. The molecule has 0 atom stereocenters. The number of hydrogen-bond donors (Lipinski definition) is 0. The zero-order valence-corrected chi connectivity index (χ0v) is 9.51. The van der Waals surface area contributed by atoms with E-state index < -0.39 is 11.9 Å². The smallest absolute Gasteiger partial charge is 0.339 e. The van der Waals surface area contributed by atoms with Crippen molar-refractivity contribution in [3.8, 4) is 24.7 Å². The average molecular weight is 242 g/mol. The molecule has 1 aromatic carbocycles. The summed E-state index contributed by atoms with van der Waals surface area (Å²) in [5.41, 5.74) is 0.609. The van der Waals surface area contributed by atoms with Gasteiger partial charge in [0, 0.05) is 0 Å². The normalized spacial score (nSPS) is 8.78. The predicted octanol–water partition coefficient (Wildman–Crippen LogP) is 1.27. The van der Waals surface area contributed by atoms with E-state index in [-0.39, 0.29) is 13.2 Å². The maximum atomic E-state index is 11.4. The molecule has 0 N–H and O–H groups in total. The zero-order valence-electron chi connectivity index (χ0n) is 9.51. The molecule has 18 heavy (non-hydrogen) atoms. The fourth-order valence-electron chi connectivity index (χ4n) is 1.12. The van der Waals surface area contributed by atoms with E-state index in [1.807, 2.05) is 0 Å². The van der Waals surface area contributed by atoms with Gasteiger partial charge in [-0.15, -0.1) is 12.8 Å². The molecule has 0 aliphatic carbocycles. The Morgan fingerprint density at radius 1 is 0.889 bits per heavy atom. The van der Waals surface area contributed by atoms with Crippen molar-refractivity contribution in [2.45, 2.75) is 0 Å². The number of terminal acetylenes is 2. The van der Waals surface area contributed by atoms with Crippen LogP contribution >= 0.6 is 0 Å². The van der Waals surface area contributed by atoms with Gasteiger partial charge in [0.15, 0.2) is 13.2 Å². The standard InChI is InChI=1S/C14H10O4/c1-3-9-17-13(15)11-5-7-12(8-6-11)14(16)18-10-4-2/h1-2,5-8H,9-10H2. The van der Waals surface area contributed by atoms with E-state index >= 15 is 0 Å². The molecule has 0 unspecified atom stereocenters. The fraction of sp³-hybridized carbons (Fsp3) is 0.143. The van der Waals surface area contributed by atoms with Crippen molar-refractivity contribution in [1.82, 2.24) is 0 Å². The lowest BCUT2D eigenvalue weighted by atomic mass is 10.1. The van der Waals surface area contributed by atoms with Gasteiger partial charge in [0.1, 0.15) is 0 Å². The molecule has 0 spiro atoms. The lowest BCUT2D eigenvalue weighted by Gasteiger charge is -2.03. The first-order valence-electron chi connectivity index (χ1n) is 5.00. The second kappa shape index (κ2) is 6.78. The van der Waals surface area contributed by atoms with Crippen molar-refractivity contribution in [2.75, 3.05) is 13.2 Å². The topological polar surface area (TPSA) is 52.6 Å². The van der Waals surface area contributed by atoms with Gasteiger partial charge in [-0.2, -0.15) is 0 Å². The Morgan fingerprint density at radius 2 is 1.22 bits per heavy atom. The van der Waals surface area contributed by atoms with E-state index in [9.17, 15) is 9.59 Å². The zero-order chi connectivity index (χ0) is 13.4. The Labute approximate surface area is 105 Å². The minimum atomic E-state index is -0.545. The Balaban J connectivity index is 2.69. The van der Waals surface area contributed by atoms with Crippen LogP contribution in [0.1, 0.15) is 20.7 Å². The summed E-state index contributed by atoms with van der Waals surface area (Å²) in [6, 6.07) is 5.80. The molecule has 0 saturated heterocycles. The third-order valence-corrected chi connectivity index (χ3v) is 1.93. The minimum Gasteiger partial charge on any atom is -0.449 e. The maximum Gasteiger partial charge on any atom is 0.339 e. The molecule has 1 aromatic rings. The van der Waals surface area contributed by atoms with Crippen molar-refractivity contribution in [3.63, 3.8) is 0 Å². The number of hydrogen-bond acceptors (Lipinski definition) is 4. The van der Waals surface area contributed by atoms with Gasteiger partial charge >= 0.3 is 11.9 Å². The summed E-state index contributed by atoms with van der Waals surface area (Å²) < 4.78 is 9.45. The van der Waals surface area contributed by atoms with Crippen LogP contribution in [0, 0.1) is 24.7 Å². The summed E-state index contributed by atoms with van der Waals surface area (Å²) in [4.78, 5) is 22.8. The van der Waals surface area contributed by atoms with Gasteiger partial charge in [0.2, 0.25) is 0 Å². The van der Waals surface area contributed by atoms with Crippen LogP contribution < -0.4 is 0 Å². The molecule has 4 heteroatoms. The van der Waals surface area contributed by atoms with Crippen molar-refractivity contribution < 1.29 is 19.1 Å². The third-order valence-electron chi connectivity index (χ3n) is 1.93. The van der Waals surface area contributed by atoms with Gasteiger partial charge in [-0.25, -0.2) is 9.59 Å². The second-order valence-corrected chi connectivity index (χ2v) is 3.14. The SMILES string of the molecule is C#CCOC(=O)c1ccc(C(=O)OCC#C)cc1. The van der Waals surface area contributed by atoms with Gasteiger partial charge in [0.05, 0.1) is 11.1 Å². The molecule has 0 aromatic heterocycles. The molecule has 0 aliphatic heterocycles. The lowest BCUT2D eigenvalue weighted by molar-refractivity contribution is 0.0542. The summed E-state index contributed by atoms with van der Waals surface area (Å²) >= 11 is 0. The number of carbonyl (C=O) groups excluding carboxylic acids is 2. The quantitative estimate of drug-likeness (QED) is 0.589. The molecule has 0 radical (unpaired) electrons. The summed E-state index contributed by atoms with van der Waals surface area (Å²) in [7, 11) is 0. The molecule has 1 rings (SSSR count). The van der Waals surface area contributed by atoms with E-state index in [1.165, 1.54) is 24.3 Å².